The normalized spacial score (nSPS) is 49.7. The monoisotopic (exact) mass is 383 g/mol. The zero-order valence-electron chi connectivity index (χ0n) is 13.9. The molecule has 10 atom stereocenters. The fraction of sp³-hybridized carbons (Fsp3) is 0.929. The Morgan fingerprint density at radius 3 is 1.96 bits per heavy atom. The first-order valence-electron chi connectivity index (χ1n) is 8.03. The van der Waals surface area contributed by atoms with E-state index in [2.05, 4.69) is 5.32 Å². The molecule has 1 amide bonds. The van der Waals surface area contributed by atoms with Gasteiger partial charge >= 0.3 is 0 Å². The molecule has 0 bridgehead atoms. The maximum atomic E-state index is 11.5. The molecule has 0 aromatic rings. The molecule has 2 aliphatic rings. The summed E-state index contributed by atoms with van der Waals surface area (Å²) in [7, 11) is 0. The van der Waals surface area contributed by atoms with Gasteiger partial charge in [0, 0.05) is 6.92 Å². The van der Waals surface area contributed by atoms with E-state index in [9.17, 15) is 45.6 Å². The lowest BCUT2D eigenvalue weighted by Crippen LogP contribution is -2.78. The van der Waals surface area contributed by atoms with E-state index in [4.69, 9.17) is 9.47 Å². The molecule has 12 nitrogen and oxygen atoms in total. The van der Waals surface area contributed by atoms with Crippen LogP contribution in [0.1, 0.15) is 6.92 Å². The minimum absolute atomic E-state index is 0.727. The standard InChI is InChI=1S/C14H25NO11/c1-4(18)15-12-10(22)8(20)6(3-17)26-14(12,24)13-11(23)9(21)7(19)5(2-16)25-13/h5-13,16-17,19-24H,2-3H2,1H3,(H,15,18)/t5-,6-,7-,8+,9+,10+,11-,12-,13?,14?/m1/s1. The Morgan fingerprint density at radius 2 is 1.46 bits per heavy atom. The predicted octanol–water partition coefficient (Wildman–Crippen LogP) is -5.86. The second-order valence-corrected chi connectivity index (χ2v) is 6.50. The third-order valence-corrected chi connectivity index (χ3v) is 4.70. The Labute approximate surface area is 148 Å². The Balaban J connectivity index is 2.43. The molecule has 0 aromatic heterocycles. The van der Waals surface area contributed by atoms with Gasteiger partial charge in [-0.3, -0.25) is 4.79 Å². The largest absolute Gasteiger partial charge is 0.394 e. The third kappa shape index (κ3) is 3.57. The van der Waals surface area contributed by atoms with Crippen molar-refractivity contribution in [1.29, 1.82) is 0 Å². The van der Waals surface area contributed by atoms with Gasteiger partial charge in [0.2, 0.25) is 11.7 Å². The quantitative estimate of drug-likeness (QED) is 0.223. The number of hydrogen-bond acceptors (Lipinski definition) is 11. The molecule has 0 spiro atoms. The van der Waals surface area contributed by atoms with Gasteiger partial charge in [0.05, 0.1) is 13.2 Å². The molecule has 152 valence electrons. The summed E-state index contributed by atoms with van der Waals surface area (Å²) in [6.07, 6.45) is -13.8. The molecular formula is C14H25NO11. The number of aliphatic hydroxyl groups excluding tert-OH is 7. The highest BCUT2D eigenvalue weighted by Gasteiger charge is 2.62. The van der Waals surface area contributed by atoms with Crippen LogP contribution in [0.15, 0.2) is 0 Å². The van der Waals surface area contributed by atoms with Crippen molar-refractivity contribution in [1.82, 2.24) is 5.32 Å². The van der Waals surface area contributed by atoms with Crippen LogP contribution < -0.4 is 5.32 Å². The summed E-state index contributed by atoms with van der Waals surface area (Å²) < 4.78 is 10.5. The number of amides is 1. The van der Waals surface area contributed by atoms with Gasteiger partial charge in [-0.2, -0.15) is 0 Å². The van der Waals surface area contributed by atoms with Crippen LogP contribution in [-0.2, 0) is 14.3 Å². The molecule has 0 aliphatic carbocycles. The first-order chi connectivity index (χ1) is 12.1. The Morgan fingerprint density at radius 1 is 0.923 bits per heavy atom. The number of carbonyl (C=O) groups excluding carboxylic acids is 1. The molecule has 0 saturated carbocycles. The highest BCUT2D eigenvalue weighted by Crippen LogP contribution is 2.37. The Kier molecular flexibility index (Phi) is 6.56. The van der Waals surface area contributed by atoms with Crippen LogP contribution in [0.25, 0.3) is 0 Å². The van der Waals surface area contributed by atoms with Gasteiger partial charge < -0.3 is 55.6 Å². The van der Waals surface area contributed by atoms with Crippen LogP contribution in [0.2, 0.25) is 0 Å². The van der Waals surface area contributed by atoms with Crippen molar-refractivity contribution >= 4 is 5.91 Å². The zero-order chi connectivity index (χ0) is 19.8. The van der Waals surface area contributed by atoms with Crippen molar-refractivity contribution in [3.8, 4) is 0 Å². The fourth-order valence-electron chi connectivity index (χ4n) is 3.29. The predicted molar refractivity (Wildman–Crippen MR) is 80.3 cm³/mol. The number of carbonyl (C=O) groups is 1. The Bertz CT molecular complexity index is 505. The molecule has 2 heterocycles. The van der Waals surface area contributed by atoms with Gasteiger partial charge in [-0.25, -0.2) is 0 Å². The topological polar surface area (TPSA) is 209 Å². The Hall–Kier alpha value is -0.930. The van der Waals surface area contributed by atoms with E-state index in [1.165, 1.54) is 0 Å². The second-order valence-electron chi connectivity index (χ2n) is 6.50. The van der Waals surface area contributed by atoms with E-state index >= 15 is 0 Å². The summed E-state index contributed by atoms with van der Waals surface area (Å²) in [5.74, 6) is -3.44. The van der Waals surface area contributed by atoms with Gasteiger partial charge in [-0.05, 0) is 0 Å². The number of aliphatic hydroxyl groups is 8. The molecule has 0 aromatic carbocycles. The van der Waals surface area contributed by atoms with E-state index in [-0.39, 0.29) is 0 Å². The van der Waals surface area contributed by atoms with Gasteiger partial charge in [0.15, 0.2) is 0 Å². The van der Waals surface area contributed by atoms with E-state index in [0.717, 1.165) is 6.92 Å². The molecule has 0 radical (unpaired) electrons. The molecule has 9 N–H and O–H groups in total. The highest BCUT2D eigenvalue weighted by atomic mass is 16.7. The average Bonchev–Trinajstić information content (AvgIpc) is 2.60. The summed E-state index contributed by atoms with van der Waals surface area (Å²) in [4.78, 5) is 11.5. The van der Waals surface area contributed by atoms with Crippen molar-refractivity contribution < 1.29 is 55.1 Å². The molecule has 2 unspecified atom stereocenters. The fourth-order valence-corrected chi connectivity index (χ4v) is 3.29. The van der Waals surface area contributed by atoms with Gasteiger partial charge in [-0.15, -0.1) is 0 Å². The molecule has 26 heavy (non-hydrogen) atoms. The lowest BCUT2D eigenvalue weighted by atomic mass is 9.81. The van der Waals surface area contributed by atoms with Crippen LogP contribution in [0.4, 0.5) is 0 Å². The van der Waals surface area contributed by atoms with Crippen LogP contribution in [-0.4, -0.2) is 121 Å². The van der Waals surface area contributed by atoms with Crippen molar-refractivity contribution in [3.05, 3.63) is 0 Å². The number of nitrogens with one attached hydrogen (secondary N) is 1. The first-order valence-corrected chi connectivity index (χ1v) is 8.03. The maximum Gasteiger partial charge on any atom is 0.219 e. The third-order valence-electron chi connectivity index (χ3n) is 4.70. The van der Waals surface area contributed by atoms with Gasteiger partial charge in [-0.1, -0.05) is 0 Å². The SMILES string of the molecule is CC(=O)N[C@@H]1[C@@H](O)[C@@H](O)[C@@H](CO)OC1(O)C1O[C@H](CO)[C@@H](O)[C@H](O)[C@H]1O. The lowest BCUT2D eigenvalue weighted by molar-refractivity contribution is -0.385. The lowest BCUT2D eigenvalue weighted by Gasteiger charge is -2.54. The van der Waals surface area contributed by atoms with Crippen molar-refractivity contribution in [3.63, 3.8) is 0 Å². The smallest absolute Gasteiger partial charge is 0.219 e. The van der Waals surface area contributed by atoms with Crippen molar-refractivity contribution in [2.45, 2.75) is 67.6 Å². The average molecular weight is 383 g/mol. The summed E-state index contributed by atoms with van der Waals surface area (Å²) in [6.45, 7) is -0.549. The minimum atomic E-state index is -2.72. The van der Waals surface area contributed by atoms with Crippen molar-refractivity contribution in [2.24, 2.45) is 0 Å². The van der Waals surface area contributed by atoms with Crippen LogP contribution in [0.3, 0.4) is 0 Å². The molecule has 2 rings (SSSR count). The van der Waals surface area contributed by atoms with E-state index in [1.54, 1.807) is 0 Å². The van der Waals surface area contributed by atoms with Gasteiger partial charge in [0.1, 0.15) is 54.9 Å². The molecule has 12 heteroatoms. The molecular weight excluding hydrogens is 358 g/mol. The number of rotatable bonds is 4. The van der Waals surface area contributed by atoms with Crippen LogP contribution in [0.5, 0.6) is 0 Å². The van der Waals surface area contributed by atoms with Crippen molar-refractivity contribution in [2.75, 3.05) is 13.2 Å². The number of hydrogen-bond donors (Lipinski definition) is 9. The van der Waals surface area contributed by atoms with Crippen LogP contribution in [0, 0.1) is 0 Å². The zero-order valence-corrected chi connectivity index (χ0v) is 13.9. The van der Waals surface area contributed by atoms with Gasteiger partial charge in [0.25, 0.3) is 0 Å². The van der Waals surface area contributed by atoms with Crippen LogP contribution >= 0.6 is 0 Å². The minimum Gasteiger partial charge on any atom is -0.394 e. The molecule has 2 aliphatic heterocycles. The van der Waals surface area contributed by atoms with E-state index in [0.29, 0.717) is 0 Å². The number of ether oxygens (including phenoxy) is 2. The molecule has 2 fully saturated rings. The summed E-state index contributed by atoms with van der Waals surface area (Å²) in [6, 6.07) is -1.72. The highest BCUT2D eigenvalue weighted by molar-refractivity contribution is 5.73. The summed E-state index contributed by atoms with van der Waals surface area (Å²) >= 11 is 0. The van der Waals surface area contributed by atoms with E-state index in [1.807, 2.05) is 0 Å². The first kappa shape index (κ1) is 21.4. The van der Waals surface area contributed by atoms with E-state index < -0.39 is 79.8 Å². The second kappa shape index (κ2) is 7.98. The summed E-state index contributed by atoms with van der Waals surface area (Å²) in [5.41, 5.74) is 0. The summed E-state index contributed by atoms with van der Waals surface area (Å²) in [5, 5.41) is 82.0. The molecule has 2 saturated heterocycles. The maximum absolute atomic E-state index is 11.5.